The van der Waals surface area contributed by atoms with Crippen LogP contribution in [-0.4, -0.2) is 103 Å². The molecule has 0 aliphatic carbocycles. The van der Waals surface area contributed by atoms with E-state index in [0.717, 1.165) is 13.1 Å². The van der Waals surface area contributed by atoms with Crippen LogP contribution in [0.3, 0.4) is 0 Å². The van der Waals surface area contributed by atoms with Crippen LogP contribution in [0.4, 0.5) is 24.9 Å². The number of aromatic nitrogens is 2. The highest BCUT2D eigenvalue weighted by molar-refractivity contribution is 5.94. The molecule has 6 rings (SSSR count). The second kappa shape index (κ2) is 15.2. The number of ether oxygens (including phenoxy) is 2. The highest BCUT2D eigenvalue weighted by atomic mass is 19.4. The molecule has 2 aromatic carbocycles. The molecule has 1 unspecified atom stereocenters. The summed E-state index contributed by atoms with van der Waals surface area (Å²) in [5, 5.41) is 12.4. The smallest absolute Gasteiger partial charge is 0.429 e. The first kappa shape index (κ1) is 35.3. The number of carbonyl (C=O) groups excluding carboxylic acids is 1. The molecule has 1 spiro atoms. The largest absolute Gasteiger partial charge is 0.480 e. The number of halogens is 3. The number of hydroxylamine groups is 1. The van der Waals surface area contributed by atoms with Gasteiger partial charge in [-0.3, -0.25) is 19.3 Å². The van der Waals surface area contributed by atoms with Gasteiger partial charge >= 0.3 is 12.1 Å². The van der Waals surface area contributed by atoms with E-state index in [0.29, 0.717) is 87.8 Å². The van der Waals surface area contributed by atoms with Gasteiger partial charge in [-0.1, -0.05) is 36.4 Å². The predicted molar refractivity (Wildman–Crippen MR) is 176 cm³/mol. The first-order valence-corrected chi connectivity index (χ1v) is 16.5. The van der Waals surface area contributed by atoms with Gasteiger partial charge in [0.2, 0.25) is 17.9 Å². The number of rotatable bonds is 11. The Morgan fingerprint density at radius 2 is 1.70 bits per heavy atom. The van der Waals surface area contributed by atoms with Gasteiger partial charge in [-0.25, -0.2) is 5.48 Å². The SMILES string of the molecule is Nc1nc(O[C@H](c2ccc(-c3ccc(C(=O)NOCCN4CCOCC4)cc3)cc2)C(F)(F)F)cc(N2CCC3(CC2)CNC(C(=O)O)C3)n1. The number of piperidine rings is 1. The van der Waals surface area contributed by atoms with E-state index in [-0.39, 0.29) is 22.8 Å². The number of aliphatic carboxylic acids is 1. The lowest BCUT2D eigenvalue weighted by molar-refractivity contribution is -0.198. The molecule has 0 saturated carbocycles. The minimum atomic E-state index is -4.77. The second-order valence-electron chi connectivity index (χ2n) is 12.9. The van der Waals surface area contributed by atoms with Crippen LogP contribution >= 0.6 is 0 Å². The summed E-state index contributed by atoms with van der Waals surface area (Å²) in [7, 11) is 0. The van der Waals surface area contributed by atoms with Gasteiger partial charge in [-0.05, 0) is 47.9 Å². The number of nitrogens with two attached hydrogens (primary N) is 1. The topological polar surface area (TPSA) is 164 Å². The quantitative estimate of drug-likeness (QED) is 0.171. The molecule has 3 aliphatic rings. The van der Waals surface area contributed by atoms with Crippen molar-refractivity contribution in [1.82, 2.24) is 25.7 Å². The van der Waals surface area contributed by atoms with Crippen molar-refractivity contribution in [2.45, 2.75) is 37.6 Å². The molecule has 2 atom stereocenters. The van der Waals surface area contributed by atoms with Crippen LogP contribution in [-0.2, 0) is 14.4 Å². The van der Waals surface area contributed by atoms with Crippen LogP contribution in [0.5, 0.6) is 5.88 Å². The van der Waals surface area contributed by atoms with E-state index in [1.807, 2.05) is 4.90 Å². The third-order valence-corrected chi connectivity index (χ3v) is 9.52. The van der Waals surface area contributed by atoms with Gasteiger partial charge in [0.25, 0.3) is 5.91 Å². The zero-order valence-corrected chi connectivity index (χ0v) is 27.3. The number of hydrogen-bond acceptors (Lipinski definition) is 11. The van der Waals surface area contributed by atoms with Crippen molar-refractivity contribution >= 4 is 23.6 Å². The number of alkyl halides is 3. The van der Waals surface area contributed by atoms with Crippen LogP contribution in [0.2, 0.25) is 0 Å². The number of anilines is 2. The van der Waals surface area contributed by atoms with Gasteiger partial charge in [-0.15, -0.1) is 0 Å². The molecule has 1 aromatic heterocycles. The Labute approximate surface area is 286 Å². The lowest BCUT2D eigenvalue weighted by Gasteiger charge is -2.39. The second-order valence-corrected chi connectivity index (χ2v) is 12.9. The normalized spacial score (nSPS) is 20.1. The van der Waals surface area contributed by atoms with Crippen LogP contribution < -0.4 is 26.2 Å². The molecular weight excluding hydrogens is 659 g/mol. The fraction of sp³-hybridized carbons (Fsp3) is 0.471. The maximum Gasteiger partial charge on any atom is 0.429 e. The Morgan fingerprint density at radius 3 is 2.32 bits per heavy atom. The van der Waals surface area contributed by atoms with Gasteiger partial charge in [0.15, 0.2) is 0 Å². The van der Waals surface area contributed by atoms with E-state index in [4.69, 9.17) is 20.0 Å². The number of nitrogens with one attached hydrogen (secondary N) is 2. The summed E-state index contributed by atoms with van der Waals surface area (Å²) in [6.45, 7) is 5.66. The first-order chi connectivity index (χ1) is 24.0. The molecule has 268 valence electrons. The maximum atomic E-state index is 14.3. The molecule has 3 aromatic rings. The third kappa shape index (κ3) is 8.61. The Hall–Kier alpha value is -4.51. The molecule has 4 heterocycles. The molecule has 16 heteroatoms. The van der Waals surface area contributed by atoms with Crippen molar-refractivity contribution in [1.29, 1.82) is 0 Å². The standard InChI is InChI=1S/C34H40F3N7O6/c35-34(36,37)29(50-28-19-27(40-32(38)41-28)44-11-9-33(10-12-44)20-26(31(46)47)39-21-33)24-5-1-22(2-6-24)23-3-7-25(8-4-23)30(45)42-49-18-15-43-13-16-48-17-14-43/h1-8,19,26,29,39H,9-18,20-21H2,(H,42,45)(H,46,47)(H2,38,40,41)/t26?,29-/m1/s1. The number of carboxylic acid groups (broad SMARTS) is 1. The summed E-state index contributed by atoms with van der Waals surface area (Å²) in [5.74, 6) is -1.47. The highest BCUT2D eigenvalue weighted by Crippen LogP contribution is 2.41. The van der Waals surface area contributed by atoms with E-state index in [1.165, 1.54) is 18.2 Å². The molecule has 5 N–H and O–H groups in total. The van der Waals surface area contributed by atoms with Crippen molar-refractivity contribution in [2.75, 3.05) is 69.7 Å². The lowest BCUT2D eigenvalue weighted by atomic mass is 9.76. The van der Waals surface area contributed by atoms with Crippen LogP contribution in [0.25, 0.3) is 11.1 Å². The fourth-order valence-electron chi connectivity index (χ4n) is 6.62. The summed E-state index contributed by atoms with van der Waals surface area (Å²) < 4.78 is 53.8. The molecule has 0 radical (unpaired) electrons. The molecule has 1 amide bonds. The third-order valence-electron chi connectivity index (χ3n) is 9.52. The monoisotopic (exact) mass is 699 g/mol. The number of nitrogen functional groups attached to an aromatic ring is 1. The van der Waals surface area contributed by atoms with Crippen molar-refractivity contribution < 1.29 is 42.2 Å². The number of nitrogens with zero attached hydrogens (tertiary/aromatic N) is 4. The maximum absolute atomic E-state index is 14.3. The molecular formula is C34H40F3N7O6. The zero-order valence-electron chi connectivity index (χ0n) is 27.3. The van der Waals surface area contributed by atoms with E-state index in [2.05, 4.69) is 25.7 Å². The molecule has 50 heavy (non-hydrogen) atoms. The van der Waals surface area contributed by atoms with Gasteiger partial charge in [-0.2, -0.15) is 23.1 Å². The minimum Gasteiger partial charge on any atom is -0.480 e. The van der Waals surface area contributed by atoms with Crippen LogP contribution in [0.15, 0.2) is 54.6 Å². The average Bonchev–Trinajstić information content (AvgIpc) is 3.53. The number of carbonyl (C=O) groups is 2. The average molecular weight is 700 g/mol. The van der Waals surface area contributed by atoms with Crippen molar-refractivity contribution in [3.05, 3.63) is 65.7 Å². The number of carboxylic acids is 1. The molecule has 3 aliphatic heterocycles. The number of hydrogen-bond donors (Lipinski definition) is 4. The summed E-state index contributed by atoms with van der Waals surface area (Å²) in [6.07, 6.45) is -5.18. The first-order valence-electron chi connectivity index (χ1n) is 16.5. The summed E-state index contributed by atoms with van der Waals surface area (Å²) >= 11 is 0. The lowest BCUT2D eigenvalue weighted by Crippen LogP contribution is -2.41. The van der Waals surface area contributed by atoms with E-state index >= 15 is 0 Å². The van der Waals surface area contributed by atoms with Crippen LogP contribution in [0.1, 0.15) is 41.3 Å². The zero-order chi connectivity index (χ0) is 35.3. The van der Waals surface area contributed by atoms with Crippen molar-refractivity contribution in [3.63, 3.8) is 0 Å². The number of benzene rings is 2. The Balaban J connectivity index is 1.06. The molecule has 3 saturated heterocycles. The van der Waals surface area contributed by atoms with E-state index < -0.39 is 30.2 Å². The predicted octanol–water partition coefficient (Wildman–Crippen LogP) is 3.43. The number of morpholine rings is 1. The fourth-order valence-corrected chi connectivity index (χ4v) is 6.62. The van der Waals surface area contributed by atoms with E-state index in [1.54, 1.807) is 36.4 Å². The Kier molecular flexibility index (Phi) is 10.7. The number of amides is 1. The van der Waals surface area contributed by atoms with Crippen molar-refractivity contribution in [3.8, 4) is 17.0 Å². The van der Waals surface area contributed by atoms with Gasteiger partial charge < -0.3 is 30.5 Å². The summed E-state index contributed by atoms with van der Waals surface area (Å²) in [5.41, 5.74) is 9.78. The van der Waals surface area contributed by atoms with Gasteiger partial charge in [0.05, 0.1) is 19.8 Å². The molecule has 0 bridgehead atoms. The summed E-state index contributed by atoms with van der Waals surface area (Å²) in [4.78, 5) is 41.5. The Morgan fingerprint density at radius 1 is 1.04 bits per heavy atom. The van der Waals surface area contributed by atoms with Gasteiger partial charge in [0.1, 0.15) is 11.9 Å². The minimum absolute atomic E-state index is 0.133. The molecule has 13 nitrogen and oxygen atoms in total. The van der Waals surface area contributed by atoms with Gasteiger partial charge in [0, 0.05) is 56.5 Å². The van der Waals surface area contributed by atoms with E-state index in [9.17, 15) is 27.9 Å². The van der Waals surface area contributed by atoms with Crippen molar-refractivity contribution in [2.24, 2.45) is 5.41 Å². The Bertz CT molecular complexity index is 1630. The summed E-state index contributed by atoms with van der Waals surface area (Å²) in [6, 6.07) is 13.2. The van der Waals surface area contributed by atoms with Crippen LogP contribution in [0, 0.1) is 5.41 Å². The highest BCUT2D eigenvalue weighted by Gasteiger charge is 2.45. The molecule has 3 fully saturated rings.